The van der Waals surface area contributed by atoms with Crippen molar-refractivity contribution in [2.24, 2.45) is 0 Å². The maximum absolute atomic E-state index is 12.8. The van der Waals surface area contributed by atoms with Crippen LogP contribution in [0.4, 0.5) is 5.82 Å². The Hall–Kier alpha value is -1.09. The number of rotatable bonds is 4. The van der Waals surface area contributed by atoms with E-state index in [9.17, 15) is 13.2 Å². The number of carbonyl (C=O) groups excluding carboxylic acids is 1. The molecule has 0 atom stereocenters. The second kappa shape index (κ2) is 6.57. The average molecular weight is 425 g/mol. The SMILES string of the molecule is CC(C)(C)c1cc(NC(=O)C(C)(C)S(=O)(=O)c2cc(Cl)c(Cl)s2)no1. The van der Waals surface area contributed by atoms with E-state index < -0.39 is 20.5 Å². The van der Waals surface area contributed by atoms with Gasteiger partial charge in [0.25, 0.3) is 0 Å². The number of aromatic nitrogens is 1. The van der Waals surface area contributed by atoms with E-state index in [0.29, 0.717) is 5.76 Å². The molecule has 0 aliphatic heterocycles. The van der Waals surface area contributed by atoms with E-state index in [4.69, 9.17) is 27.7 Å². The summed E-state index contributed by atoms with van der Waals surface area (Å²) in [5.41, 5.74) is -0.290. The first-order valence-electron chi connectivity index (χ1n) is 7.25. The first kappa shape index (κ1) is 20.2. The Balaban J connectivity index is 2.29. The van der Waals surface area contributed by atoms with E-state index in [1.165, 1.54) is 19.9 Å². The number of sulfone groups is 1. The van der Waals surface area contributed by atoms with Crippen LogP contribution >= 0.6 is 34.5 Å². The molecule has 2 aromatic rings. The number of nitrogens with zero attached hydrogens (tertiary/aromatic N) is 1. The van der Waals surface area contributed by atoms with Gasteiger partial charge in [0.1, 0.15) is 14.3 Å². The number of thiophene rings is 1. The molecular weight excluding hydrogens is 407 g/mol. The molecule has 0 radical (unpaired) electrons. The third kappa shape index (κ3) is 3.86. The summed E-state index contributed by atoms with van der Waals surface area (Å²) in [6.45, 7) is 8.40. The van der Waals surface area contributed by atoms with Crippen LogP contribution in [0.1, 0.15) is 40.4 Å². The third-order valence-electron chi connectivity index (χ3n) is 3.60. The van der Waals surface area contributed by atoms with Gasteiger partial charge in [0.2, 0.25) is 15.7 Å². The lowest BCUT2D eigenvalue weighted by molar-refractivity contribution is -0.117. The molecule has 1 amide bonds. The summed E-state index contributed by atoms with van der Waals surface area (Å²) in [7, 11) is -4.00. The monoisotopic (exact) mass is 424 g/mol. The summed E-state index contributed by atoms with van der Waals surface area (Å²) >= 11 is 12.5. The molecule has 0 saturated heterocycles. The van der Waals surface area contributed by atoms with Crippen LogP contribution in [-0.2, 0) is 20.0 Å². The van der Waals surface area contributed by atoms with E-state index in [1.807, 2.05) is 20.8 Å². The van der Waals surface area contributed by atoms with Gasteiger partial charge < -0.3 is 9.84 Å². The predicted octanol–water partition coefficient (Wildman–Crippen LogP) is 4.53. The van der Waals surface area contributed by atoms with Crippen molar-refractivity contribution in [3.05, 3.63) is 27.3 Å². The van der Waals surface area contributed by atoms with E-state index >= 15 is 0 Å². The average Bonchev–Trinajstić information content (AvgIpc) is 3.06. The second-order valence-corrected chi connectivity index (χ2v) is 11.8. The number of halogens is 2. The number of hydrogen-bond donors (Lipinski definition) is 1. The van der Waals surface area contributed by atoms with Gasteiger partial charge >= 0.3 is 0 Å². The molecule has 0 aliphatic carbocycles. The standard InChI is InChI=1S/C15H18Cl2N2O4S2/c1-14(2,3)9-7-10(19-23-9)18-13(20)15(4,5)25(21,22)11-6-8(16)12(17)24-11/h6-7H,1-5H3,(H,18,19,20). The lowest BCUT2D eigenvalue weighted by Gasteiger charge is -2.22. The van der Waals surface area contributed by atoms with Crippen molar-refractivity contribution in [2.45, 2.75) is 49.0 Å². The summed E-state index contributed by atoms with van der Waals surface area (Å²) in [4.78, 5) is 12.6. The first-order valence-corrected chi connectivity index (χ1v) is 10.3. The topological polar surface area (TPSA) is 89.3 Å². The molecule has 0 unspecified atom stereocenters. The highest BCUT2D eigenvalue weighted by molar-refractivity contribution is 7.95. The van der Waals surface area contributed by atoms with Crippen molar-refractivity contribution in [3.63, 3.8) is 0 Å². The number of carbonyl (C=O) groups is 1. The Bertz CT molecular complexity index is 889. The third-order valence-corrected chi connectivity index (χ3v) is 8.34. The highest BCUT2D eigenvalue weighted by Gasteiger charge is 2.44. The Labute approximate surface area is 160 Å². The largest absolute Gasteiger partial charge is 0.359 e. The highest BCUT2D eigenvalue weighted by atomic mass is 35.5. The van der Waals surface area contributed by atoms with Gasteiger partial charge in [-0.1, -0.05) is 49.1 Å². The minimum Gasteiger partial charge on any atom is -0.359 e. The van der Waals surface area contributed by atoms with Crippen LogP contribution in [0.5, 0.6) is 0 Å². The molecular formula is C15H18Cl2N2O4S2. The van der Waals surface area contributed by atoms with Gasteiger partial charge in [-0.2, -0.15) is 0 Å². The molecule has 25 heavy (non-hydrogen) atoms. The number of amides is 1. The van der Waals surface area contributed by atoms with Crippen LogP contribution in [0.25, 0.3) is 0 Å². The van der Waals surface area contributed by atoms with E-state index in [0.717, 1.165) is 11.3 Å². The minimum atomic E-state index is -4.00. The molecule has 0 spiro atoms. The highest BCUT2D eigenvalue weighted by Crippen LogP contribution is 2.38. The maximum atomic E-state index is 12.8. The zero-order valence-corrected chi connectivity index (χ0v) is 17.5. The molecule has 10 heteroatoms. The molecule has 138 valence electrons. The number of hydrogen-bond acceptors (Lipinski definition) is 6. The van der Waals surface area contributed by atoms with E-state index in [-0.39, 0.29) is 24.8 Å². The van der Waals surface area contributed by atoms with Gasteiger partial charge in [-0.05, 0) is 19.9 Å². The summed E-state index contributed by atoms with van der Waals surface area (Å²) < 4.78 is 29.1. The van der Waals surface area contributed by atoms with Crippen LogP contribution in [0, 0.1) is 0 Å². The molecule has 0 bridgehead atoms. The van der Waals surface area contributed by atoms with Crippen molar-refractivity contribution in [1.29, 1.82) is 0 Å². The molecule has 0 aliphatic rings. The molecule has 0 aromatic carbocycles. The summed E-state index contributed by atoms with van der Waals surface area (Å²) in [5, 5.41) is 6.39. The molecule has 0 fully saturated rings. The molecule has 6 nitrogen and oxygen atoms in total. The van der Waals surface area contributed by atoms with E-state index in [1.54, 1.807) is 6.07 Å². The molecule has 2 aromatic heterocycles. The van der Waals surface area contributed by atoms with Crippen molar-refractivity contribution >= 4 is 56.1 Å². The van der Waals surface area contributed by atoms with Crippen LogP contribution in [-0.4, -0.2) is 24.2 Å². The van der Waals surface area contributed by atoms with Gasteiger partial charge in [0, 0.05) is 11.5 Å². The summed E-state index contributed by atoms with van der Waals surface area (Å²) in [6.07, 6.45) is 0. The van der Waals surface area contributed by atoms with Crippen molar-refractivity contribution < 1.29 is 17.7 Å². The number of anilines is 1. The molecule has 2 rings (SSSR count). The Morgan fingerprint density at radius 2 is 1.80 bits per heavy atom. The smallest absolute Gasteiger partial charge is 0.246 e. The van der Waals surface area contributed by atoms with Gasteiger partial charge in [-0.3, -0.25) is 4.79 Å². The van der Waals surface area contributed by atoms with Crippen molar-refractivity contribution in [3.8, 4) is 0 Å². The van der Waals surface area contributed by atoms with Crippen LogP contribution in [0.15, 0.2) is 20.9 Å². The normalized spacial score (nSPS) is 13.1. The zero-order chi connectivity index (χ0) is 19.2. The lowest BCUT2D eigenvalue weighted by Crippen LogP contribution is -2.44. The Kier molecular flexibility index (Phi) is 5.32. The second-order valence-electron chi connectivity index (χ2n) is 6.98. The number of nitrogens with one attached hydrogen (secondary N) is 1. The minimum absolute atomic E-state index is 0.0711. The van der Waals surface area contributed by atoms with Gasteiger partial charge in [-0.15, -0.1) is 11.3 Å². The fourth-order valence-corrected chi connectivity index (χ4v) is 5.48. The quantitative estimate of drug-likeness (QED) is 0.777. The Morgan fingerprint density at radius 1 is 1.20 bits per heavy atom. The van der Waals surface area contributed by atoms with Crippen LogP contribution < -0.4 is 5.32 Å². The maximum Gasteiger partial charge on any atom is 0.246 e. The fraction of sp³-hybridized carbons (Fsp3) is 0.467. The van der Waals surface area contributed by atoms with Crippen molar-refractivity contribution in [1.82, 2.24) is 5.16 Å². The first-order chi connectivity index (χ1) is 11.3. The summed E-state index contributed by atoms with van der Waals surface area (Å²) in [5.74, 6) is -0.0115. The van der Waals surface area contributed by atoms with Crippen LogP contribution in [0.2, 0.25) is 9.36 Å². The zero-order valence-electron chi connectivity index (χ0n) is 14.3. The summed E-state index contributed by atoms with van der Waals surface area (Å²) in [6, 6.07) is 2.81. The molecule has 2 heterocycles. The predicted molar refractivity (Wildman–Crippen MR) is 99.4 cm³/mol. The van der Waals surface area contributed by atoms with Crippen molar-refractivity contribution in [2.75, 3.05) is 5.32 Å². The Morgan fingerprint density at radius 3 is 2.24 bits per heavy atom. The lowest BCUT2D eigenvalue weighted by atomic mass is 9.93. The van der Waals surface area contributed by atoms with Crippen LogP contribution in [0.3, 0.4) is 0 Å². The van der Waals surface area contributed by atoms with E-state index in [2.05, 4.69) is 10.5 Å². The van der Waals surface area contributed by atoms with Gasteiger partial charge in [-0.25, -0.2) is 8.42 Å². The molecule has 0 saturated carbocycles. The van der Waals surface area contributed by atoms with Gasteiger partial charge in [0.05, 0.1) is 5.02 Å². The fourth-order valence-electron chi connectivity index (χ4n) is 1.79. The molecule has 1 N–H and O–H groups in total. The van der Waals surface area contributed by atoms with Gasteiger partial charge in [0.15, 0.2) is 10.6 Å².